The summed E-state index contributed by atoms with van der Waals surface area (Å²) in [6.07, 6.45) is 7.22. The summed E-state index contributed by atoms with van der Waals surface area (Å²) >= 11 is 0. The number of hydrogen-bond donors (Lipinski definition) is 1. The Hall–Kier alpha value is -1.03. The van der Waals surface area contributed by atoms with E-state index in [0.717, 1.165) is 25.3 Å². The lowest BCUT2D eigenvalue weighted by Gasteiger charge is -2.26. The summed E-state index contributed by atoms with van der Waals surface area (Å²) in [5, 5.41) is 3.30. The summed E-state index contributed by atoms with van der Waals surface area (Å²) in [4.78, 5) is 7.22. The van der Waals surface area contributed by atoms with E-state index in [-0.39, 0.29) is 0 Å². The van der Waals surface area contributed by atoms with Crippen LogP contribution < -0.4 is 10.2 Å². The lowest BCUT2D eigenvalue weighted by atomic mass is 10.2. The van der Waals surface area contributed by atoms with Crippen LogP contribution in [0.25, 0.3) is 0 Å². The van der Waals surface area contributed by atoms with E-state index in [1.165, 1.54) is 31.6 Å². The van der Waals surface area contributed by atoms with Crippen molar-refractivity contribution >= 4 is 5.95 Å². The van der Waals surface area contributed by atoms with E-state index in [2.05, 4.69) is 34.8 Å². The standard InChI is InChI=1S/C14H26N4/c1-4-5-8-17-11-12(2)16-14(17)18-9-6-7-13(18)10-15-3/h11,13,15H,4-10H2,1-3H3. The third-order valence-electron chi connectivity index (χ3n) is 3.70. The topological polar surface area (TPSA) is 33.1 Å². The molecule has 1 aromatic heterocycles. The summed E-state index contributed by atoms with van der Waals surface area (Å²) in [5.74, 6) is 1.18. The van der Waals surface area contributed by atoms with Gasteiger partial charge < -0.3 is 14.8 Å². The highest BCUT2D eigenvalue weighted by molar-refractivity contribution is 5.37. The monoisotopic (exact) mass is 250 g/mol. The van der Waals surface area contributed by atoms with Crippen LogP contribution in [0.4, 0.5) is 5.95 Å². The number of imidazole rings is 1. The molecule has 0 spiro atoms. The van der Waals surface area contributed by atoms with Crippen molar-refractivity contribution in [1.29, 1.82) is 0 Å². The predicted octanol–water partition coefficient (Wildman–Crippen LogP) is 2.18. The normalized spacial score (nSPS) is 19.7. The molecule has 2 rings (SSSR count). The fourth-order valence-corrected chi connectivity index (χ4v) is 2.80. The zero-order chi connectivity index (χ0) is 13.0. The average Bonchev–Trinajstić information content (AvgIpc) is 2.93. The third kappa shape index (κ3) is 2.86. The number of aryl methyl sites for hydroxylation is 2. The number of nitrogens with zero attached hydrogens (tertiary/aromatic N) is 3. The maximum Gasteiger partial charge on any atom is 0.206 e. The molecule has 0 saturated carbocycles. The van der Waals surface area contributed by atoms with E-state index >= 15 is 0 Å². The van der Waals surface area contributed by atoms with E-state index in [0.29, 0.717) is 6.04 Å². The van der Waals surface area contributed by atoms with Crippen LogP contribution in [-0.2, 0) is 6.54 Å². The van der Waals surface area contributed by atoms with E-state index in [4.69, 9.17) is 4.98 Å². The Bertz CT molecular complexity index is 372. The Morgan fingerprint density at radius 2 is 2.33 bits per heavy atom. The van der Waals surface area contributed by atoms with Gasteiger partial charge >= 0.3 is 0 Å². The van der Waals surface area contributed by atoms with E-state index in [1.54, 1.807) is 0 Å². The molecule has 0 bridgehead atoms. The molecule has 0 amide bonds. The summed E-state index contributed by atoms with van der Waals surface area (Å²) < 4.78 is 2.34. The van der Waals surface area contributed by atoms with Gasteiger partial charge in [-0.25, -0.2) is 4.98 Å². The number of rotatable bonds is 6. The SMILES string of the molecule is CCCCn1cc(C)nc1N1CCCC1CNC. The van der Waals surface area contributed by atoms with Crippen LogP contribution in [-0.4, -0.2) is 35.7 Å². The van der Waals surface area contributed by atoms with Crippen LogP contribution in [0.15, 0.2) is 6.20 Å². The quantitative estimate of drug-likeness (QED) is 0.840. The van der Waals surface area contributed by atoms with Gasteiger partial charge in [-0.05, 0) is 33.2 Å². The van der Waals surface area contributed by atoms with E-state index < -0.39 is 0 Å². The van der Waals surface area contributed by atoms with Crippen molar-refractivity contribution < 1.29 is 0 Å². The molecule has 1 unspecified atom stereocenters. The Kier molecular flexibility index (Phi) is 4.64. The molecule has 0 aromatic carbocycles. The van der Waals surface area contributed by atoms with Crippen molar-refractivity contribution in [3.8, 4) is 0 Å². The van der Waals surface area contributed by atoms with Crippen LogP contribution in [0, 0.1) is 6.92 Å². The van der Waals surface area contributed by atoms with Gasteiger partial charge in [0.2, 0.25) is 5.95 Å². The Balaban J connectivity index is 2.15. The molecule has 1 aliphatic rings. The van der Waals surface area contributed by atoms with Crippen molar-refractivity contribution in [3.05, 3.63) is 11.9 Å². The second-order valence-electron chi connectivity index (χ2n) is 5.28. The van der Waals surface area contributed by atoms with Gasteiger partial charge in [0.05, 0.1) is 5.69 Å². The van der Waals surface area contributed by atoms with Crippen molar-refractivity contribution in [2.45, 2.75) is 52.1 Å². The molecular weight excluding hydrogens is 224 g/mol. The fourth-order valence-electron chi connectivity index (χ4n) is 2.80. The van der Waals surface area contributed by atoms with Gasteiger partial charge in [-0.3, -0.25) is 0 Å². The maximum atomic E-state index is 4.74. The lowest BCUT2D eigenvalue weighted by Crippen LogP contribution is -2.38. The first-order valence-corrected chi connectivity index (χ1v) is 7.21. The van der Waals surface area contributed by atoms with Crippen molar-refractivity contribution in [2.75, 3.05) is 25.0 Å². The first-order chi connectivity index (χ1) is 8.76. The van der Waals surface area contributed by atoms with Gasteiger partial charge in [0.15, 0.2) is 0 Å². The Labute approximate surface area is 110 Å². The first-order valence-electron chi connectivity index (χ1n) is 7.21. The van der Waals surface area contributed by atoms with Crippen LogP contribution in [0.1, 0.15) is 38.3 Å². The number of anilines is 1. The molecular formula is C14H26N4. The molecule has 1 saturated heterocycles. The van der Waals surface area contributed by atoms with Crippen LogP contribution in [0.2, 0.25) is 0 Å². The van der Waals surface area contributed by atoms with Gasteiger partial charge in [-0.2, -0.15) is 0 Å². The minimum Gasteiger partial charge on any atom is -0.338 e. The van der Waals surface area contributed by atoms with Crippen molar-refractivity contribution in [1.82, 2.24) is 14.9 Å². The molecule has 4 nitrogen and oxygen atoms in total. The summed E-state index contributed by atoms with van der Waals surface area (Å²) in [5.41, 5.74) is 1.14. The zero-order valence-corrected chi connectivity index (χ0v) is 11.9. The second kappa shape index (κ2) is 6.23. The number of aromatic nitrogens is 2. The molecule has 0 aliphatic carbocycles. The maximum absolute atomic E-state index is 4.74. The summed E-state index contributed by atoms with van der Waals surface area (Å²) in [6, 6.07) is 0.608. The summed E-state index contributed by atoms with van der Waals surface area (Å²) in [7, 11) is 2.03. The third-order valence-corrected chi connectivity index (χ3v) is 3.70. The Morgan fingerprint density at radius 3 is 3.06 bits per heavy atom. The highest BCUT2D eigenvalue weighted by atomic mass is 15.3. The summed E-state index contributed by atoms with van der Waals surface area (Å²) in [6.45, 7) is 7.63. The van der Waals surface area contributed by atoms with Crippen LogP contribution >= 0.6 is 0 Å². The highest BCUT2D eigenvalue weighted by Gasteiger charge is 2.27. The lowest BCUT2D eigenvalue weighted by molar-refractivity contribution is 0.576. The molecule has 102 valence electrons. The zero-order valence-electron chi connectivity index (χ0n) is 11.9. The molecule has 1 fully saturated rings. The molecule has 1 aromatic rings. The number of nitrogens with one attached hydrogen (secondary N) is 1. The molecule has 0 radical (unpaired) electrons. The highest BCUT2D eigenvalue weighted by Crippen LogP contribution is 2.25. The van der Waals surface area contributed by atoms with Crippen LogP contribution in [0.3, 0.4) is 0 Å². The minimum atomic E-state index is 0.608. The molecule has 18 heavy (non-hydrogen) atoms. The van der Waals surface area contributed by atoms with Crippen molar-refractivity contribution in [2.24, 2.45) is 0 Å². The van der Waals surface area contributed by atoms with E-state index in [1.807, 2.05) is 7.05 Å². The largest absolute Gasteiger partial charge is 0.338 e. The molecule has 1 aliphatic heterocycles. The average molecular weight is 250 g/mol. The number of likely N-dealkylation sites (N-methyl/N-ethyl adjacent to an activating group) is 1. The predicted molar refractivity (Wildman–Crippen MR) is 76.2 cm³/mol. The molecule has 2 heterocycles. The molecule has 4 heteroatoms. The van der Waals surface area contributed by atoms with Gasteiger partial charge in [0, 0.05) is 31.9 Å². The number of unbranched alkanes of at least 4 members (excludes halogenated alkanes) is 1. The second-order valence-corrected chi connectivity index (χ2v) is 5.28. The minimum absolute atomic E-state index is 0.608. The number of hydrogen-bond acceptors (Lipinski definition) is 3. The van der Waals surface area contributed by atoms with Gasteiger partial charge in [-0.15, -0.1) is 0 Å². The fraction of sp³-hybridized carbons (Fsp3) is 0.786. The van der Waals surface area contributed by atoms with Crippen LogP contribution in [0.5, 0.6) is 0 Å². The molecule has 1 N–H and O–H groups in total. The van der Waals surface area contributed by atoms with Crippen molar-refractivity contribution in [3.63, 3.8) is 0 Å². The van der Waals surface area contributed by atoms with Gasteiger partial charge in [0.1, 0.15) is 0 Å². The first kappa shape index (κ1) is 13.4. The van der Waals surface area contributed by atoms with Gasteiger partial charge in [0.25, 0.3) is 0 Å². The Morgan fingerprint density at radius 1 is 1.50 bits per heavy atom. The van der Waals surface area contributed by atoms with Gasteiger partial charge in [-0.1, -0.05) is 13.3 Å². The smallest absolute Gasteiger partial charge is 0.206 e. The van der Waals surface area contributed by atoms with E-state index in [9.17, 15) is 0 Å². The molecule has 1 atom stereocenters.